The SMILES string of the molecule is CCOC(=O)C(O)(CCc1ccccc1)C(C)(C)C(=O)OC. The molecule has 0 aliphatic rings. The van der Waals surface area contributed by atoms with E-state index in [0.717, 1.165) is 5.56 Å². The number of aryl methyl sites for hydroxylation is 1. The van der Waals surface area contributed by atoms with Gasteiger partial charge in [-0.3, -0.25) is 4.79 Å². The maximum atomic E-state index is 12.3. The maximum absolute atomic E-state index is 12.3. The van der Waals surface area contributed by atoms with Gasteiger partial charge in [0.1, 0.15) is 5.41 Å². The Bertz CT molecular complexity index is 509. The van der Waals surface area contributed by atoms with Gasteiger partial charge in [-0.2, -0.15) is 0 Å². The summed E-state index contributed by atoms with van der Waals surface area (Å²) in [5.41, 5.74) is -2.40. The normalized spacial score (nSPS) is 14.0. The van der Waals surface area contributed by atoms with Crippen molar-refractivity contribution in [3.8, 4) is 0 Å². The third kappa shape index (κ3) is 3.65. The van der Waals surface area contributed by atoms with E-state index in [1.165, 1.54) is 21.0 Å². The van der Waals surface area contributed by atoms with E-state index in [1.54, 1.807) is 6.92 Å². The molecule has 1 unspecified atom stereocenters. The van der Waals surface area contributed by atoms with E-state index >= 15 is 0 Å². The van der Waals surface area contributed by atoms with Crippen molar-refractivity contribution in [2.75, 3.05) is 13.7 Å². The molecule has 0 amide bonds. The molecule has 0 aliphatic carbocycles. The van der Waals surface area contributed by atoms with Crippen molar-refractivity contribution in [1.29, 1.82) is 0 Å². The first-order chi connectivity index (χ1) is 10.3. The minimum atomic E-state index is -1.95. The number of methoxy groups -OCH3 is 1. The molecule has 1 aromatic carbocycles. The Hall–Kier alpha value is -1.88. The number of benzene rings is 1. The molecule has 0 saturated heterocycles. The Morgan fingerprint density at radius 1 is 1.14 bits per heavy atom. The summed E-state index contributed by atoms with van der Waals surface area (Å²) in [6, 6.07) is 9.45. The first kappa shape index (κ1) is 18.2. The van der Waals surface area contributed by atoms with Crippen molar-refractivity contribution in [3.05, 3.63) is 35.9 Å². The summed E-state index contributed by atoms with van der Waals surface area (Å²) in [5, 5.41) is 10.9. The Labute approximate surface area is 131 Å². The van der Waals surface area contributed by atoms with Crippen LogP contribution < -0.4 is 0 Å². The largest absolute Gasteiger partial charge is 0.469 e. The summed E-state index contributed by atoms with van der Waals surface area (Å²) >= 11 is 0. The van der Waals surface area contributed by atoms with Crippen molar-refractivity contribution in [1.82, 2.24) is 0 Å². The van der Waals surface area contributed by atoms with Crippen molar-refractivity contribution < 1.29 is 24.2 Å². The number of hydrogen-bond donors (Lipinski definition) is 1. The lowest BCUT2D eigenvalue weighted by molar-refractivity contribution is -0.192. The van der Waals surface area contributed by atoms with Crippen molar-refractivity contribution in [2.24, 2.45) is 5.41 Å². The van der Waals surface area contributed by atoms with Gasteiger partial charge in [-0.25, -0.2) is 4.79 Å². The molecule has 5 heteroatoms. The van der Waals surface area contributed by atoms with Crippen LogP contribution in [0.1, 0.15) is 32.8 Å². The fraction of sp³-hybridized carbons (Fsp3) is 0.529. The summed E-state index contributed by atoms with van der Waals surface area (Å²) in [7, 11) is 1.23. The number of ether oxygens (including phenoxy) is 2. The topological polar surface area (TPSA) is 72.8 Å². The molecule has 122 valence electrons. The van der Waals surface area contributed by atoms with E-state index in [-0.39, 0.29) is 13.0 Å². The van der Waals surface area contributed by atoms with E-state index in [4.69, 9.17) is 9.47 Å². The van der Waals surface area contributed by atoms with Crippen molar-refractivity contribution in [2.45, 2.75) is 39.2 Å². The van der Waals surface area contributed by atoms with Crippen LogP contribution in [0.4, 0.5) is 0 Å². The van der Waals surface area contributed by atoms with Gasteiger partial charge in [-0.15, -0.1) is 0 Å². The maximum Gasteiger partial charge on any atom is 0.339 e. The standard InChI is InChI=1S/C17H24O5/c1-5-22-15(19)17(20,16(2,3)14(18)21-4)12-11-13-9-7-6-8-10-13/h6-10,20H,5,11-12H2,1-4H3. The molecular formula is C17H24O5. The molecule has 0 bridgehead atoms. The Balaban J connectivity index is 3.06. The van der Waals surface area contributed by atoms with Gasteiger partial charge < -0.3 is 14.6 Å². The number of carbonyl (C=O) groups excluding carboxylic acids is 2. The minimum absolute atomic E-state index is 0.0674. The number of hydrogen-bond acceptors (Lipinski definition) is 5. The third-order valence-corrected chi connectivity index (χ3v) is 3.96. The van der Waals surface area contributed by atoms with E-state index in [2.05, 4.69) is 0 Å². The molecule has 0 heterocycles. The van der Waals surface area contributed by atoms with Gasteiger partial charge in [-0.1, -0.05) is 30.3 Å². The van der Waals surface area contributed by atoms with Gasteiger partial charge >= 0.3 is 11.9 Å². The Kier molecular flexibility index (Phi) is 6.11. The second kappa shape index (κ2) is 7.40. The highest BCUT2D eigenvalue weighted by Gasteiger charge is 2.55. The highest BCUT2D eigenvalue weighted by atomic mass is 16.6. The number of esters is 2. The van der Waals surface area contributed by atoms with Crippen LogP contribution in [0.25, 0.3) is 0 Å². The van der Waals surface area contributed by atoms with Gasteiger partial charge in [0, 0.05) is 0 Å². The van der Waals surface area contributed by atoms with Crippen LogP contribution in [0, 0.1) is 5.41 Å². The van der Waals surface area contributed by atoms with Gasteiger partial charge in [0.05, 0.1) is 13.7 Å². The lowest BCUT2D eigenvalue weighted by Gasteiger charge is -2.38. The monoisotopic (exact) mass is 308 g/mol. The molecule has 0 fully saturated rings. The molecule has 1 N–H and O–H groups in total. The molecule has 0 aromatic heterocycles. The summed E-state index contributed by atoms with van der Waals surface area (Å²) in [5.74, 6) is -1.46. The highest BCUT2D eigenvalue weighted by molar-refractivity contribution is 5.89. The molecular weight excluding hydrogens is 284 g/mol. The Morgan fingerprint density at radius 3 is 2.23 bits per heavy atom. The van der Waals surface area contributed by atoms with Crippen LogP contribution in [0.15, 0.2) is 30.3 Å². The van der Waals surface area contributed by atoms with Crippen molar-refractivity contribution >= 4 is 11.9 Å². The van der Waals surface area contributed by atoms with Crippen LogP contribution in [0.2, 0.25) is 0 Å². The minimum Gasteiger partial charge on any atom is -0.469 e. The first-order valence-electron chi connectivity index (χ1n) is 7.31. The smallest absolute Gasteiger partial charge is 0.339 e. The number of rotatable bonds is 7. The van der Waals surface area contributed by atoms with E-state index < -0.39 is 23.0 Å². The molecule has 1 atom stereocenters. The van der Waals surface area contributed by atoms with Gasteiger partial charge in [0.2, 0.25) is 0 Å². The molecule has 22 heavy (non-hydrogen) atoms. The fourth-order valence-electron chi connectivity index (χ4n) is 2.31. The summed E-state index contributed by atoms with van der Waals surface area (Å²) in [6.07, 6.45) is 0.508. The molecule has 0 aliphatic heterocycles. The average molecular weight is 308 g/mol. The van der Waals surface area contributed by atoms with Crippen LogP contribution in [0.5, 0.6) is 0 Å². The average Bonchev–Trinajstić information content (AvgIpc) is 2.52. The van der Waals surface area contributed by atoms with Gasteiger partial charge in [-0.05, 0) is 39.2 Å². The van der Waals surface area contributed by atoms with Crippen LogP contribution in [-0.4, -0.2) is 36.4 Å². The lowest BCUT2D eigenvalue weighted by Crippen LogP contribution is -2.56. The first-order valence-corrected chi connectivity index (χ1v) is 7.31. The second-order valence-electron chi connectivity index (χ2n) is 5.68. The lowest BCUT2D eigenvalue weighted by atomic mass is 9.71. The molecule has 1 aromatic rings. The zero-order valence-corrected chi connectivity index (χ0v) is 13.6. The van der Waals surface area contributed by atoms with E-state index in [9.17, 15) is 14.7 Å². The molecule has 1 rings (SSSR count). The molecule has 0 spiro atoms. The van der Waals surface area contributed by atoms with Crippen molar-refractivity contribution in [3.63, 3.8) is 0 Å². The molecule has 0 saturated carbocycles. The van der Waals surface area contributed by atoms with E-state index in [1.807, 2.05) is 30.3 Å². The van der Waals surface area contributed by atoms with Crippen LogP contribution in [-0.2, 0) is 25.5 Å². The Morgan fingerprint density at radius 2 is 1.73 bits per heavy atom. The van der Waals surface area contributed by atoms with Crippen LogP contribution >= 0.6 is 0 Å². The van der Waals surface area contributed by atoms with Gasteiger partial charge in [0.25, 0.3) is 0 Å². The van der Waals surface area contributed by atoms with Crippen LogP contribution in [0.3, 0.4) is 0 Å². The third-order valence-electron chi connectivity index (χ3n) is 3.96. The quantitative estimate of drug-likeness (QED) is 0.781. The molecule has 5 nitrogen and oxygen atoms in total. The zero-order valence-electron chi connectivity index (χ0n) is 13.6. The van der Waals surface area contributed by atoms with Gasteiger partial charge in [0.15, 0.2) is 5.60 Å². The highest BCUT2D eigenvalue weighted by Crippen LogP contribution is 2.37. The van der Waals surface area contributed by atoms with E-state index in [0.29, 0.717) is 6.42 Å². The zero-order chi connectivity index (χ0) is 16.8. The summed E-state index contributed by atoms with van der Waals surface area (Å²) < 4.78 is 9.71. The fourth-order valence-corrected chi connectivity index (χ4v) is 2.31. The number of carbonyl (C=O) groups is 2. The second-order valence-corrected chi connectivity index (χ2v) is 5.68. The summed E-state index contributed by atoms with van der Waals surface area (Å²) in [4.78, 5) is 24.3. The predicted octanol–water partition coefficient (Wildman–Crippen LogP) is 2.11. The summed E-state index contributed by atoms with van der Waals surface area (Å²) in [6.45, 7) is 4.76. The molecule has 0 radical (unpaired) electrons. The number of aliphatic hydroxyl groups is 1. The predicted molar refractivity (Wildman–Crippen MR) is 82.1 cm³/mol.